The number of allylic oxidation sites excluding steroid dienone is 1. The molecule has 3 rings (SSSR count). The molecule has 2 aromatic carbocycles. The van der Waals surface area contributed by atoms with E-state index in [0.29, 0.717) is 36.9 Å². The van der Waals surface area contributed by atoms with Crippen molar-refractivity contribution in [3.8, 4) is 23.1 Å². The lowest BCUT2D eigenvalue weighted by molar-refractivity contribution is 0.102. The summed E-state index contributed by atoms with van der Waals surface area (Å²) in [6, 6.07) is 17.6. The largest absolute Gasteiger partial charge is 0.493 e. The molecule has 0 amide bonds. The highest BCUT2D eigenvalue weighted by atomic mass is 16.5. The lowest BCUT2D eigenvalue weighted by Crippen LogP contribution is -2.33. The van der Waals surface area contributed by atoms with Crippen molar-refractivity contribution in [1.29, 1.82) is 0 Å². The third-order valence-corrected chi connectivity index (χ3v) is 5.51. The van der Waals surface area contributed by atoms with Crippen LogP contribution in [0.15, 0.2) is 67.3 Å². The molecule has 6 heteroatoms. The van der Waals surface area contributed by atoms with Crippen LogP contribution in [-0.2, 0) is 6.54 Å². The van der Waals surface area contributed by atoms with Crippen molar-refractivity contribution < 1.29 is 14.6 Å². The van der Waals surface area contributed by atoms with Gasteiger partial charge in [-0.3, -0.25) is 4.90 Å². The van der Waals surface area contributed by atoms with Crippen LogP contribution < -0.4 is 9.47 Å². The van der Waals surface area contributed by atoms with E-state index in [1.54, 1.807) is 7.11 Å². The maximum Gasteiger partial charge on any atom is 0.227 e. The fraction of sp³-hybridized carbons (Fsp3) is 0.370. The van der Waals surface area contributed by atoms with Gasteiger partial charge in [-0.15, -0.1) is 6.58 Å². The highest BCUT2D eigenvalue weighted by Crippen LogP contribution is 2.36. The Hall–Kier alpha value is -3.09. The predicted octanol–water partition coefficient (Wildman–Crippen LogP) is 5.52. The van der Waals surface area contributed by atoms with E-state index in [1.165, 1.54) is 0 Å². The molecule has 3 aromatic rings. The minimum Gasteiger partial charge on any atom is -0.493 e. The second kappa shape index (κ2) is 12.2. The van der Waals surface area contributed by atoms with Crippen LogP contribution in [0.3, 0.4) is 0 Å². The van der Waals surface area contributed by atoms with Crippen molar-refractivity contribution in [2.75, 3.05) is 20.2 Å². The van der Waals surface area contributed by atoms with Crippen LogP contribution in [0.1, 0.15) is 37.4 Å². The molecule has 6 nitrogen and oxygen atoms in total. The van der Waals surface area contributed by atoms with Crippen LogP contribution >= 0.6 is 0 Å². The molecule has 0 unspecified atom stereocenters. The summed E-state index contributed by atoms with van der Waals surface area (Å²) in [6.45, 7) is 10.00. The van der Waals surface area contributed by atoms with E-state index in [4.69, 9.17) is 14.6 Å². The van der Waals surface area contributed by atoms with Gasteiger partial charge < -0.3 is 14.6 Å². The van der Waals surface area contributed by atoms with E-state index >= 15 is 0 Å². The number of hydrogen-bond donors (Lipinski definition) is 1. The highest BCUT2D eigenvalue weighted by Gasteiger charge is 2.23. The summed E-state index contributed by atoms with van der Waals surface area (Å²) in [5.74, 6) is 1.95. The molecule has 0 saturated heterocycles. The Morgan fingerprint density at radius 1 is 1.12 bits per heavy atom. The minimum absolute atomic E-state index is 0.405. The Kier molecular flexibility index (Phi) is 9.10. The summed E-state index contributed by atoms with van der Waals surface area (Å²) in [6.07, 6.45) is 3.94. The average molecular weight is 450 g/mol. The molecule has 0 aliphatic rings. The van der Waals surface area contributed by atoms with E-state index in [0.717, 1.165) is 36.3 Å². The third kappa shape index (κ3) is 6.46. The monoisotopic (exact) mass is 449 g/mol. The number of para-hydroxylation sites is 3. The Morgan fingerprint density at radius 2 is 1.82 bits per heavy atom. The summed E-state index contributed by atoms with van der Waals surface area (Å²) in [5.41, 5.74) is 2.81. The van der Waals surface area contributed by atoms with Crippen LogP contribution in [0.25, 0.3) is 5.69 Å². The molecule has 1 atom stereocenters. The number of aryl methyl sites for hydroxylation is 1. The molecule has 0 fully saturated rings. The molecule has 1 N–H and O–H groups in total. The molecular weight excluding hydrogens is 414 g/mol. The zero-order chi connectivity index (χ0) is 23.6. The van der Waals surface area contributed by atoms with Gasteiger partial charge in [0.05, 0.1) is 30.2 Å². The Labute approximate surface area is 197 Å². The third-order valence-electron chi connectivity index (χ3n) is 5.51. The smallest absolute Gasteiger partial charge is 0.227 e. The van der Waals surface area contributed by atoms with E-state index in [-0.39, 0.29) is 0 Å². The molecule has 0 saturated carbocycles. The minimum atomic E-state index is -0.405. The maximum absolute atomic E-state index is 10.5. The van der Waals surface area contributed by atoms with Crippen molar-refractivity contribution in [2.24, 2.45) is 0 Å². The summed E-state index contributed by atoms with van der Waals surface area (Å²) in [5, 5.41) is 15.3. The van der Waals surface area contributed by atoms with Crippen molar-refractivity contribution in [3.63, 3.8) is 0 Å². The van der Waals surface area contributed by atoms with E-state index in [1.807, 2.05) is 72.3 Å². The van der Waals surface area contributed by atoms with E-state index in [2.05, 4.69) is 18.4 Å². The number of benzene rings is 2. The van der Waals surface area contributed by atoms with Gasteiger partial charge in [-0.25, -0.2) is 4.68 Å². The summed E-state index contributed by atoms with van der Waals surface area (Å²) < 4.78 is 13.8. The van der Waals surface area contributed by atoms with Gasteiger partial charge in [0.1, 0.15) is 0 Å². The number of aliphatic hydroxyl groups excluding tert-OH is 1. The molecule has 176 valence electrons. The summed E-state index contributed by atoms with van der Waals surface area (Å²) in [4.78, 5) is 2.27. The van der Waals surface area contributed by atoms with Gasteiger partial charge in [-0.2, -0.15) is 5.10 Å². The summed E-state index contributed by atoms with van der Waals surface area (Å²) in [7, 11) is 1.64. The second-order valence-corrected chi connectivity index (χ2v) is 8.12. The first-order chi connectivity index (χ1) is 16.1. The first-order valence-electron chi connectivity index (χ1n) is 11.5. The maximum atomic E-state index is 10.5. The predicted molar refractivity (Wildman–Crippen MR) is 132 cm³/mol. The fourth-order valence-corrected chi connectivity index (χ4v) is 3.85. The molecule has 1 heterocycles. The van der Waals surface area contributed by atoms with Gasteiger partial charge in [0.2, 0.25) is 5.88 Å². The van der Waals surface area contributed by atoms with Gasteiger partial charge in [-0.1, -0.05) is 43.3 Å². The highest BCUT2D eigenvalue weighted by molar-refractivity contribution is 5.47. The Balaban J connectivity index is 1.99. The standard InChI is InChI=1S/C27H35N3O3/c1-5-7-15-23(31)19-29(18-6-2)20-24-21(3)28-30(22-13-9-8-10-14-22)27(24)33-26-17-12-11-16-25(26)32-4/h5,8-14,16-17,23,31H,1,6-7,15,18-20H2,2-4H3/t23-/m0/s1. The van der Waals surface area contributed by atoms with Gasteiger partial charge >= 0.3 is 0 Å². The zero-order valence-electron chi connectivity index (χ0n) is 19.9. The van der Waals surface area contributed by atoms with Crippen molar-refractivity contribution in [1.82, 2.24) is 14.7 Å². The van der Waals surface area contributed by atoms with Crippen LogP contribution in [0.4, 0.5) is 0 Å². The van der Waals surface area contributed by atoms with Gasteiger partial charge in [0.25, 0.3) is 0 Å². The van der Waals surface area contributed by atoms with Gasteiger partial charge in [0, 0.05) is 13.1 Å². The zero-order valence-corrected chi connectivity index (χ0v) is 19.9. The lowest BCUT2D eigenvalue weighted by Gasteiger charge is -2.25. The van der Waals surface area contributed by atoms with E-state index in [9.17, 15) is 5.11 Å². The summed E-state index contributed by atoms with van der Waals surface area (Å²) >= 11 is 0. The van der Waals surface area contributed by atoms with Crippen molar-refractivity contribution >= 4 is 0 Å². The molecule has 0 aliphatic heterocycles. The van der Waals surface area contributed by atoms with Crippen LogP contribution in [0.5, 0.6) is 17.4 Å². The fourth-order valence-electron chi connectivity index (χ4n) is 3.85. The SMILES string of the molecule is C=CCC[C@H](O)CN(CCC)Cc1c(C)nn(-c2ccccc2)c1Oc1ccccc1OC. The average Bonchev–Trinajstić information content (AvgIpc) is 3.13. The van der Waals surface area contributed by atoms with Crippen molar-refractivity contribution in [3.05, 3.63) is 78.5 Å². The number of hydrogen-bond acceptors (Lipinski definition) is 5. The van der Waals surface area contributed by atoms with Crippen LogP contribution in [0, 0.1) is 6.92 Å². The number of ether oxygens (including phenoxy) is 2. The molecule has 0 spiro atoms. The first-order valence-corrected chi connectivity index (χ1v) is 11.5. The normalized spacial score (nSPS) is 12.0. The molecular formula is C27H35N3O3. The second-order valence-electron chi connectivity index (χ2n) is 8.12. The number of methoxy groups -OCH3 is 1. The molecule has 1 aromatic heterocycles. The van der Waals surface area contributed by atoms with Gasteiger partial charge in [-0.05, 0) is 57.0 Å². The van der Waals surface area contributed by atoms with Gasteiger partial charge in [0.15, 0.2) is 11.5 Å². The number of aromatic nitrogens is 2. The molecule has 33 heavy (non-hydrogen) atoms. The van der Waals surface area contributed by atoms with E-state index < -0.39 is 6.10 Å². The van der Waals surface area contributed by atoms with Crippen molar-refractivity contribution in [2.45, 2.75) is 45.8 Å². The van der Waals surface area contributed by atoms with Crippen LogP contribution in [0.2, 0.25) is 0 Å². The number of nitrogens with zero attached hydrogens (tertiary/aromatic N) is 3. The Bertz CT molecular complexity index is 1020. The molecule has 0 radical (unpaired) electrons. The lowest BCUT2D eigenvalue weighted by atomic mass is 10.1. The topological polar surface area (TPSA) is 59.8 Å². The molecule has 0 aliphatic carbocycles. The van der Waals surface area contributed by atoms with Crippen LogP contribution in [-0.4, -0.2) is 46.1 Å². The first kappa shape index (κ1) is 24.6. The molecule has 0 bridgehead atoms. The Morgan fingerprint density at radius 3 is 2.48 bits per heavy atom. The number of rotatable bonds is 13. The quantitative estimate of drug-likeness (QED) is 0.348. The number of aliphatic hydroxyl groups is 1.